The molecule has 2 rings (SSSR count). The SMILES string of the molecule is CCC1(C)CC(NN2CCOCC2)CCO1. The van der Waals surface area contributed by atoms with Crippen molar-refractivity contribution in [3.8, 4) is 0 Å². The van der Waals surface area contributed by atoms with E-state index in [9.17, 15) is 0 Å². The van der Waals surface area contributed by atoms with Crippen molar-refractivity contribution in [1.29, 1.82) is 0 Å². The number of hydrogen-bond donors (Lipinski definition) is 1. The van der Waals surface area contributed by atoms with Crippen molar-refractivity contribution >= 4 is 0 Å². The monoisotopic (exact) mass is 228 g/mol. The molecule has 94 valence electrons. The minimum Gasteiger partial charge on any atom is -0.379 e. The molecule has 0 aliphatic carbocycles. The van der Waals surface area contributed by atoms with E-state index in [1.165, 1.54) is 0 Å². The van der Waals surface area contributed by atoms with Crippen molar-refractivity contribution in [2.75, 3.05) is 32.9 Å². The van der Waals surface area contributed by atoms with Gasteiger partial charge in [-0.15, -0.1) is 0 Å². The Morgan fingerprint density at radius 2 is 2.06 bits per heavy atom. The van der Waals surface area contributed by atoms with E-state index in [1.54, 1.807) is 0 Å². The molecule has 2 atom stereocenters. The molecule has 0 spiro atoms. The van der Waals surface area contributed by atoms with Gasteiger partial charge in [-0.25, -0.2) is 5.01 Å². The van der Waals surface area contributed by atoms with Crippen molar-refractivity contribution in [3.63, 3.8) is 0 Å². The normalized spacial score (nSPS) is 37.5. The molecule has 2 aliphatic heterocycles. The van der Waals surface area contributed by atoms with Gasteiger partial charge in [0, 0.05) is 25.7 Å². The number of hydrazine groups is 1. The number of nitrogens with zero attached hydrogens (tertiary/aromatic N) is 1. The summed E-state index contributed by atoms with van der Waals surface area (Å²) in [6, 6.07) is 0.566. The van der Waals surface area contributed by atoms with Crippen LogP contribution in [0.1, 0.15) is 33.1 Å². The second kappa shape index (κ2) is 5.45. The molecule has 1 N–H and O–H groups in total. The van der Waals surface area contributed by atoms with Crippen LogP contribution in [-0.4, -0.2) is 49.6 Å². The summed E-state index contributed by atoms with van der Waals surface area (Å²) in [5.41, 5.74) is 3.69. The van der Waals surface area contributed by atoms with Gasteiger partial charge in [0.1, 0.15) is 0 Å². The molecule has 2 saturated heterocycles. The van der Waals surface area contributed by atoms with Crippen LogP contribution in [0, 0.1) is 0 Å². The van der Waals surface area contributed by atoms with Crippen LogP contribution in [0.25, 0.3) is 0 Å². The highest BCUT2D eigenvalue weighted by Gasteiger charge is 2.32. The molecule has 16 heavy (non-hydrogen) atoms. The van der Waals surface area contributed by atoms with Crippen LogP contribution in [0.15, 0.2) is 0 Å². The Labute approximate surface area is 98.2 Å². The summed E-state index contributed by atoms with van der Waals surface area (Å²) in [5.74, 6) is 0. The largest absolute Gasteiger partial charge is 0.379 e. The third-order valence-corrected chi connectivity index (χ3v) is 3.72. The zero-order valence-corrected chi connectivity index (χ0v) is 10.5. The third kappa shape index (κ3) is 3.17. The van der Waals surface area contributed by atoms with Gasteiger partial charge < -0.3 is 9.47 Å². The van der Waals surface area contributed by atoms with Gasteiger partial charge in [0.05, 0.1) is 18.8 Å². The van der Waals surface area contributed by atoms with Crippen LogP contribution in [-0.2, 0) is 9.47 Å². The highest BCUT2D eigenvalue weighted by molar-refractivity contribution is 4.85. The maximum absolute atomic E-state index is 5.85. The Morgan fingerprint density at radius 3 is 2.75 bits per heavy atom. The van der Waals surface area contributed by atoms with Crippen molar-refractivity contribution in [3.05, 3.63) is 0 Å². The van der Waals surface area contributed by atoms with Gasteiger partial charge in [0.2, 0.25) is 0 Å². The molecule has 0 bridgehead atoms. The zero-order chi connectivity index (χ0) is 11.4. The topological polar surface area (TPSA) is 33.7 Å². The van der Waals surface area contributed by atoms with Crippen molar-refractivity contribution < 1.29 is 9.47 Å². The van der Waals surface area contributed by atoms with Crippen LogP contribution in [0.5, 0.6) is 0 Å². The van der Waals surface area contributed by atoms with Crippen LogP contribution in [0.2, 0.25) is 0 Å². The zero-order valence-electron chi connectivity index (χ0n) is 10.5. The number of morpholine rings is 1. The molecule has 4 nitrogen and oxygen atoms in total. The van der Waals surface area contributed by atoms with Gasteiger partial charge >= 0.3 is 0 Å². The Balaban J connectivity index is 1.80. The fourth-order valence-electron chi connectivity index (χ4n) is 2.44. The van der Waals surface area contributed by atoms with Gasteiger partial charge in [-0.2, -0.15) is 0 Å². The molecule has 2 fully saturated rings. The van der Waals surface area contributed by atoms with Crippen LogP contribution < -0.4 is 5.43 Å². The summed E-state index contributed by atoms with van der Waals surface area (Å²) in [4.78, 5) is 0. The molecule has 0 radical (unpaired) electrons. The second-order valence-corrected chi connectivity index (χ2v) is 5.07. The Kier molecular flexibility index (Phi) is 4.19. The molecule has 2 aliphatic rings. The maximum Gasteiger partial charge on any atom is 0.0667 e. The Morgan fingerprint density at radius 1 is 1.31 bits per heavy atom. The van der Waals surface area contributed by atoms with Crippen LogP contribution in [0.4, 0.5) is 0 Å². The lowest BCUT2D eigenvalue weighted by atomic mass is 9.90. The number of rotatable bonds is 3. The third-order valence-electron chi connectivity index (χ3n) is 3.72. The van der Waals surface area contributed by atoms with Gasteiger partial charge in [0.15, 0.2) is 0 Å². The number of hydrogen-bond acceptors (Lipinski definition) is 4. The summed E-state index contributed by atoms with van der Waals surface area (Å²) < 4.78 is 11.2. The first-order valence-electron chi connectivity index (χ1n) is 6.45. The fourth-order valence-corrected chi connectivity index (χ4v) is 2.44. The summed E-state index contributed by atoms with van der Waals surface area (Å²) in [6.07, 6.45) is 3.32. The Hall–Kier alpha value is -0.160. The van der Waals surface area contributed by atoms with E-state index in [0.29, 0.717) is 6.04 Å². The average molecular weight is 228 g/mol. The summed E-state index contributed by atoms with van der Waals surface area (Å²) in [5, 5.41) is 2.30. The van der Waals surface area contributed by atoms with Crippen LogP contribution >= 0.6 is 0 Å². The first-order valence-corrected chi connectivity index (χ1v) is 6.45. The van der Waals surface area contributed by atoms with Gasteiger partial charge in [-0.05, 0) is 26.2 Å². The summed E-state index contributed by atoms with van der Waals surface area (Å²) in [6.45, 7) is 9.01. The van der Waals surface area contributed by atoms with E-state index < -0.39 is 0 Å². The van der Waals surface area contributed by atoms with Gasteiger partial charge in [-0.1, -0.05) is 6.92 Å². The van der Waals surface area contributed by atoms with E-state index in [1.807, 2.05) is 0 Å². The lowest BCUT2D eigenvalue weighted by Crippen LogP contribution is -2.54. The maximum atomic E-state index is 5.85. The average Bonchev–Trinajstić information content (AvgIpc) is 2.30. The van der Waals surface area contributed by atoms with Crippen molar-refractivity contribution in [2.45, 2.75) is 44.8 Å². The van der Waals surface area contributed by atoms with Crippen molar-refractivity contribution in [2.24, 2.45) is 0 Å². The van der Waals surface area contributed by atoms with Crippen LogP contribution in [0.3, 0.4) is 0 Å². The summed E-state index contributed by atoms with van der Waals surface area (Å²) >= 11 is 0. The smallest absolute Gasteiger partial charge is 0.0667 e. The number of nitrogens with one attached hydrogen (secondary N) is 1. The number of ether oxygens (including phenoxy) is 2. The lowest BCUT2D eigenvalue weighted by Gasteiger charge is -2.40. The van der Waals surface area contributed by atoms with Gasteiger partial charge in [0.25, 0.3) is 0 Å². The molecular formula is C12H24N2O2. The molecule has 0 aromatic rings. The minimum absolute atomic E-state index is 0.0716. The molecule has 0 aromatic carbocycles. The van der Waals surface area contributed by atoms with E-state index in [0.717, 1.165) is 52.2 Å². The molecule has 4 heteroatoms. The van der Waals surface area contributed by atoms with Crippen molar-refractivity contribution in [1.82, 2.24) is 10.4 Å². The van der Waals surface area contributed by atoms with Gasteiger partial charge in [-0.3, -0.25) is 5.43 Å². The summed E-state index contributed by atoms with van der Waals surface area (Å²) in [7, 11) is 0. The first kappa shape index (κ1) is 12.3. The Bertz CT molecular complexity index is 219. The van der Waals surface area contributed by atoms with E-state index >= 15 is 0 Å². The molecule has 0 amide bonds. The quantitative estimate of drug-likeness (QED) is 0.786. The van der Waals surface area contributed by atoms with E-state index in [4.69, 9.17) is 9.47 Å². The molecular weight excluding hydrogens is 204 g/mol. The standard InChI is InChI=1S/C12H24N2O2/c1-3-12(2)10-11(4-7-16-12)13-14-5-8-15-9-6-14/h11,13H,3-10H2,1-2H3. The van der Waals surface area contributed by atoms with E-state index in [2.05, 4.69) is 24.3 Å². The predicted octanol–water partition coefficient (Wildman–Crippen LogP) is 1.17. The highest BCUT2D eigenvalue weighted by Crippen LogP contribution is 2.27. The van der Waals surface area contributed by atoms with E-state index in [-0.39, 0.29) is 5.60 Å². The molecule has 0 aromatic heterocycles. The molecule has 2 heterocycles. The lowest BCUT2D eigenvalue weighted by molar-refractivity contribution is -0.0926. The fraction of sp³-hybridized carbons (Fsp3) is 1.00. The predicted molar refractivity (Wildman–Crippen MR) is 63.2 cm³/mol. The highest BCUT2D eigenvalue weighted by atomic mass is 16.5. The minimum atomic E-state index is 0.0716. The molecule has 0 saturated carbocycles. The molecule has 2 unspecified atom stereocenters. The second-order valence-electron chi connectivity index (χ2n) is 5.07. The first-order chi connectivity index (χ1) is 7.72.